The first-order valence-corrected chi connectivity index (χ1v) is 7.01. The third-order valence-corrected chi connectivity index (χ3v) is 3.31. The molecule has 0 aliphatic heterocycles. The van der Waals surface area contributed by atoms with Crippen molar-refractivity contribution in [2.75, 3.05) is 0 Å². The number of Topliss-reactive ketones (excluding diaryl/α,β-unsaturated/α-hetero) is 1. The van der Waals surface area contributed by atoms with Crippen molar-refractivity contribution >= 4 is 5.78 Å². The van der Waals surface area contributed by atoms with Crippen molar-refractivity contribution in [2.45, 2.75) is 33.3 Å². The van der Waals surface area contributed by atoms with Crippen molar-refractivity contribution in [2.24, 2.45) is 0 Å². The van der Waals surface area contributed by atoms with E-state index in [1.54, 1.807) is 0 Å². The minimum absolute atomic E-state index is 0.193. The van der Waals surface area contributed by atoms with Crippen LogP contribution in [0.4, 0.5) is 0 Å². The molecule has 0 saturated heterocycles. The average Bonchev–Trinajstić information content (AvgIpc) is 2.47. The molecule has 0 spiro atoms. The fraction of sp³-hybridized carbons (Fsp3) is 0.278. The standard InChI is InChI=1S/C18H20O2/c1-3-6-18(19)15-9-11-17(12-10-15)20-13-16-8-5-4-7-14(16)2/h4-5,7-12H,3,6,13H2,1-2H3. The van der Waals surface area contributed by atoms with Crippen LogP contribution < -0.4 is 4.74 Å². The minimum atomic E-state index is 0.193. The van der Waals surface area contributed by atoms with E-state index in [4.69, 9.17) is 4.74 Å². The maximum absolute atomic E-state index is 11.7. The Kier molecular flexibility index (Phi) is 4.94. The molecular formula is C18H20O2. The van der Waals surface area contributed by atoms with Crippen LogP contribution in [-0.4, -0.2) is 5.78 Å². The number of hydrogen-bond acceptors (Lipinski definition) is 2. The number of hydrogen-bond donors (Lipinski definition) is 0. The summed E-state index contributed by atoms with van der Waals surface area (Å²) >= 11 is 0. The van der Waals surface area contributed by atoms with Gasteiger partial charge in [-0.3, -0.25) is 4.79 Å². The first-order valence-electron chi connectivity index (χ1n) is 7.01. The summed E-state index contributed by atoms with van der Waals surface area (Å²) in [7, 11) is 0. The molecule has 2 rings (SSSR count). The van der Waals surface area contributed by atoms with Crippen molar-refractivity contribution in [3.63, 3.8) is 0 Å². The Morgan fingerprint density at radius 1 is 1.05 bits per heavy atom. The fourth-order valence-corrected chi connectivity index (χ4v) is 2.04. The molecule has 104 valence electrons. The zero-order valence-corrected chi connectivity index (χ0v) is 12.1. The van der Waals surface area contributed by atoms with Gasteiger partial charge in [-0.1, -0.05) is 31.2 Å². The monoisotopic (exact) mass is 268 g/mol. The molecule has 0 aliphatic rings. The molecule has 0 amide bonds. The van der Waals surface area contributed by atoms with Crippen LogP contribution in [-0.2, 0) is 6.61 Å². The summed E-state index contributed by atoms with van der Waals surface area (Å²) in [5, 5.41) is 0. The molecule has 2 heteroatoms. The van der Waals surface area contributed by atoms with Gasteiger partial charge in [0.1, 0.15) is 12.4 Å². The van der Waals surface area contributed by atoms with Crippen LogP contribution in [0.5, 0.6) is 5.75 Å². The topological polar surface area (TPSA) is 26.3 Å². The maximum atomic E-state index is 11.7. The lowest BCUT2D eigenvalue weighted by molar-refractivity contribution is 0.0981. The van der Waals surface area contributed by atoms with Crippen LogP contribution in [0.2, 0.25) is 0 Å². The molecule has 20 heavy (non-hydrogen) atoms. The SMILES string of the molecule is CCCC(=O)c1ccc(OCc2ccccc2C)cc1. The average molecular weight is 268 g/mol. The van der Waals surface area contributed by atoms with Gasteiger partial charge in [-0.05, 0) is 48.7 Å². The van der Waals surface area contributed by atoms with Gasteiger partial charge in [0.15, 0.2) is 5.78 Å². The summed E-state index contributed by atoms with van der Waals surface area (Å²) in [6, 6.07) is 15.6. The highest BCUT2D eigenvalue weighted by Gasteiger charge is 2.05. The van der Waals surface area contributed by atoms with E-state index in [1.807, 2.05) is 43.3 Å². The number of ketones is 1. The van der Waals surface area contributed by atoms with E-state index in [0.717, 1.165) is 17.7 Å². The van der Waals surface area contributed by atoms with E-state index < -0.39 is 0 Å². The Morgan fingerprint density at radius 3 is 2.40 bits per heavy atom. The molecule has 0 aliphatic carbocycles. The maximum Gasteiger partial charge on any atom is 0.162 e. The Bertz CT molecular complexity index is 570. The van der Waals surface area contributed by atoms with Crippen molar-refractivity contribution in [1.82, 2.24) is 0 Å². The van der Waals surface area contributed by atoms with Gasteiger partial charge in [0.25, 0.3) is 0 Å². The first kappa shape index (κ1) is 14.3. The molecule has 0 heterocycles. The lowest BCUT2D eigenvalue weighted by atomic mass is 10.1. The summed E-state index contributed by atoms with van der Waals surface area (Å²) in [6.45, 7) is 4.64. The summed E-state index contributed by atoms with van der Waals surface area (Å²) < 4.78 is 5.76. The molecule has 2 nitrogen and oxygen atoms in total. The molecule has 2 aromatic rings. The van der Waals surface area contributed by atoms with Gasteiger partial charge in [0.05, 0.1) is 0 Å². The minimum Gasteiger partial charge on any atom is -0.489 e. The lowest BCUT2D eigenvalue weighted by Crippen LogP contribution is -2.00. The number of rotatable bonds is 6. The summed E-state index contributed by atoms with van der Waals surface area (Å²) in [5.41, 5.74) is 3.16. The van der Waals surface area contributed by atoms with Crippen LogP contribution >= 0.6 is 0 Å². The second kappa shape index (κ2) is 6.90. The molecule has 0 atom stereocenters. The second-order valence-electron chi connectivity index (χ2n) is 4.91. The molecule has 2 aromatic carbocycles. The number of benzene rings is 2. The van der Waals surface area contributed by atoms with Gasteiger partial charge in [0, 0.05) is 12.0 Å². The molecule has 0 aromatic heterocycles. The van der Waals surface area contributed by atoms with Gasteiger partial charge in [-0.15, -0.1) is 0 Å². The molecule has 0 fully saturated rings. The number of ether oxygens (including phenoxy) is 1. The highest BCUT2D eigenvalue weighted by atomic mass is 16.5. The van der Waals surface area contributed by atoms with Crippen LogP contribution in [0.15, 0.2) is 48.5 Å². The van der Waals surface area contributed by atoms with E-state index in [-0.39, 0.29) is 5.78 Å². The predicted molar refractivity (Wildman–Crippen MR) is 81.2 cm³/mol. The Labute approximate surface area is 120 Å². The molecular weight excluding hydrogens is 248 g/mol. The Balaban J connectivity index is 1.98. The van der Waals surface area contributed by atoms with E-state index in [0.29, 0.717) is 13.0 Å². The summed E-state index contributed by atoms with van der Waals surface area (Å²) in [6.07, 6.45) is 1.48. The molecule has 0 N–H and O–H groups in total. The Hall–Kier alpha value is -2.09. The van der Waals surface area contributed by atoms with Gasteiger partial charge < -0.3 is 4.74 Å². The fourth-order valence-electron chi connectivity index (χ4n) is 2.04. The number of carbonyl (C=O) groups excluding carboxylic acids is 1. The number of carbonyl (C=O) groups is 1. The van der Waals surface area contributed by atoms with Gasteiger partial charge in [-0.25, -0.2) is 0 Å². The van der Waals surface area contributed by atoms with Crippen molar-refractivity contribution in [3.8, 4) is 5.75 Å². The van der Waals surface area contributed by atoms with E-state index >= 15 is 0 Å². The summed E-state index contributed by atoms with van der Waals surface area (Å²) in [4.78, 5) is 11.7. The van der Waals surface area contributed by atoms with Crippen molar-refractivity contribution < 1.29 is 9.53 Å². The van der Waals surface area contributed by atoms with Gasteiger partial charge in [0.2, 0.25) is 0 Å². The van der Waals surface area contributed by atoms with E-state index in [2.05, 4.69) is 19.1 Å². The Morgan fingerprint density at radius 2 is 1.75 bits per heavy atom. The highest BCUT2D eigenvalue weighted by Crippen LogP contribution is 2.16. The second-order valence-corrected chi connectivity index (χ2v) is 4.91. The molecule has 0 saturated carbocycles. The quantitative estimate of drug-likeness (QED) is 0.718. The first-order chi connectivity index (χ1) is 9.70. The van der Waals surface area contributed by atoms with Crippen LogP contribution in [0.3, 0.4) is 0 Å². The van der Waals surface area contributed by atoms with Gasteiger partial charge in [-0.2, -0.15) is 0 Å². The van der Waals surface area contributed by atoms with Crippen LogP contribution in [0.1, 0.15) is 41.3 Å². The van der Waals surface area contributed by atoms with Crippen molar-refractivity contribution in [1.29, 1.82) is 0 Å². The van der Waals surface area contributed by atoms with Crippen LogP contribution in [0.25, 0.3) is 0 Å². The van der Waals surface area contributed by atoms with E-state index in [9.17, 15) is 4.79 Å². The lowest BCUT2D eigenvalue weighted by Gasteiger charge is -2.09. The summed E-state index contributed by atoms with van der Waals surface area (Å²) in [5.74, 6) is 0.985. The smallest absolute Gasteiger partial charge is 0.162 e. The molecule has 0 radical (unpaired) electrons. The number of aryl methyl sites for hydroxylation is 1. The highest BCUT2D eigenvalue weighted by molar-refractivity contribution is 5.96. The van der Waals surface area contributed by atoms with Gasteiger partial charge >= 0.3 is 0 Å². The van der Waals surface area contributed by atoms with Crippen molar-refractivity contribution in [3.05, 3.63) is 65.2 Å². The largest absolute Gasteiger partial charge is 0.489 e. The molecule has 0 bridgehead atoms. The zero-order valence-electron chi connectivity index (χ0n) is 12.1. The third kappa shape index (κ3) is 3.70. The zero-order chi connectivity index (χ0) is 14.4. The third-order valence-electron chi connectivity index (χ3n) is 3.31. The predicted octanol–water partition coefficient (Wildman–Crippen LogP) is 4.56. The van der Waals surface area contributed by atoms with E-state index in [1.165, 1.54) is 11.1 Å². The van der Waals surface area contributed by atoms with Crippen LogP contribution in [0, 0.1) is 6.92 Å². The molecule has 0 unspecified atom stereocenters. The normalized spacial score (nSPS) is 10.3.